The molecule has 0 rings (SSSR count). The molecule has 0 bridgehead atoms. The second-order valence-electron chi connectivity index (χ2n) is 14.7. The topological polar surface area (TPSA) is 72.8 Å². The van der Waals surface area contributed by atoms with E-state index in [-0.39, 0.29) is 25.2 Å². The Bertz CT molecular complexity index is 1220. The minimum atomic E-state index is -0.800. The van der Waals surface area contributed by atoms with Gasteiger partial charge in [0.15, 0.2) is 6.10 Å². The Hall–Kier alpha value is -3.70. The Morgan fingerprint density at radius 1 is 0.414 bits per heavy atom. The van der Waals surface area contributed by atoms with Gasteiger partial charge in [-0.15, -0.1) is 0 Å². The molecule has 0 spiro atoms. The van der Waals surface area contributed by atoms with Gasteiger partial charge in [0.25, 0.3) is 0 Å². The maximum atomic E-state index is 12.2. The molecule has 0 aromatic heterocycles. The molecule has 1 atom stereocenters. The molecule has 1 N–H and O–H groups in total. The number of unbranched alkanes of at least 4 members (excludes halogenated alkanes) is 12. The number of carbonyl (C=O) groups excluding carboxylic acids is 2. The average Bonchev–Trinajstić information content (AvgIpc) is 3.23. The standard InChI is InChI=1S/C53H84O5/c1-3-5-7-9-11-13-15-17-19-20-21-22-23-24-25-26-27-28-29-30-31-32-34-36-38-40-42-44-46-48-53(56)58-51(49-54)50-57-52(55)47-45-43-41-39-37-35-33-18-16-14-12-10-8-6-4-2/h5,7,11-14,17-19,21-22,24-25,27-28,30-31,33-34,36,51,54H,3-4,6,8-10,15-16,20,23,26,29,32,35,37-50H2,1-2H3/b7-5-,13-11-,14-12-,19-17-,22-21-,25-24-,28-27-,31-30-,33-18-,36-34-. The molecule has 0 saturated heterocycles. The van der Waals surface area contributed by atoms with E-state index >= 15 is 0 Å². The SMILES string of the molecule is CC/C=C\C/C=C\C/C=C\C/C=C\C/C=C\C/C=C\C/C=C\C/C=C\CCCCCCC(=O)OC(CO)COC(=O)CCCCCCC/C=C\C/C=C\CCCCC. The summed E-state index contributed by atoms with van der Waals surface area (Å²) in [4.78, 5) is 24.3. The van der Waals surface area contributed by atoms with E-state index < -0.39 is 6.10 Å². The summed E-state index contributed by atoms with van der Waals surface area (Å²) >= 11 is 0. The van der Waals surface area contributed by atoms with Crippen LogP contribution in [-0.2, 0) is 19.1 Å². The van der Waals surface area contributed by atoms with Crippen LogP contribution in [0.25, 0.3) is 0 Å². The Balaban J connectivity index is 3.69. The fourth-order valence-corrected chi connectivity index (χ4v) is 5.77. The van der Waals surface area contributed by atoms with Gasteiger partial charge >= 0.3 is 11.9 Å². The van der Waals surface area contributed by atoms with Crippen molar-refractivity contribution in [1.29, 1.82) is 0 Å². The van der Waals surface area contributed by atoms with E-state index in [0.29, 0.717) is 12.8 Å². The summed E-state index contributed by atoms with van der Waals surface area (Å²) in [6.07, 6.45) is 69.8. The highest BCUT2D eigenvalue weighted by molar-refractivity contribution is 5.70. The van der Waals surface area contributed by atoms with Crippen molar-refractivity contribution in [2.75, 3.05) is 13.2 Å². The number of aliphatic hydroxyl groups excluding tert-OH is 1. The van der Waals surface area contributed by atoms with Gasteiger partial charge in [0, 0.05) is 12.8 Å². The molecule has 5 heteroatoms. The third-order valence-electron chi connectivity index (χ3n) is 9.24. The smallest absolute Gasteiger partial charge is 0.306 e. The zero-order chi connectivity index (χ0) is 42.1. The van der Waals surface area contributed by atoms with Crippen LogP contribution in [0.1, 0.15) is 181 Å². The highest BCUT2D eigenvalue weighted by Crippen LogP contribution is 2.11. The first-order chi connectivity index (χ1) is 28.6. The lowest BCUT2D eigenvalue weighted by atomic mass is 10.1. The van der Waals surface area contributed by atoms with Crippen LogP contribution in [0.3, 0.4) is 0 Å². The number of hydrogen-bond donors (Lipinski definition) is 1. The Labute approximate surface area is 356 Å². The molecule has 5 nitrogen and oxygen atoms in total. The van der Waals surface area contributed by atoms with Gasteiger partial charge in [-0.1, -0.05) is 180 Å². The van der Waals surface area contributed by atoms with Gasteiger partial charge in [0.2, 0.25) is 0 Å². The fourth-order valence-electron chi connectivity index (χ4n) is 5.77. The first kappa shape index (κ1) is 54.3. The van der Waals surface area contributed by atoms with Crippen molar-refractivity contribution in [2.24, 2.45) is 0 Å². The van der Waals surface area contributed by atoms with E-state index in [9.17, 15) is 14.7 Å². The van der Waals surface area contributed by atoms with E-state index in [1.54, 1.807) is 0 Å². The van der Waals surface area contributed by atoms with Crippen molar-refractivity contribution in [3.63, 3.8) is 0 Å². The lowest BCUT2D eigenvalue weighted by molar-refractivity contribution is -0.161. The highest BCUT2D eigenvalue weighted by atomic mass is 16.6. The predicted octanol–water partition coefficient (Wildman–Crippen LogP) is 15.2. The van der Waals surface area contributed by atoms with Crippen LogP contribution in [0.15, 0.2) is 122 Å². The van der Waals surface area contributed by atoms with Crippen LogP contribution >= 0.6 is 0 Å². The maximum Gasteiger partial charge on any atom is 0.306 e. The molecular weight excluding hydrogens is 717 g/mol. The monoisotopic (exact) mass is 801 g/mol. The van der Waals surface area contributed by atoms with Crippen molar-refractivity contribution >= 4 is 11.9 Å². The minimum Gasteiger partial charge on any atom is -0.462 e. The third-order valence-corrected chi connectivity index (χ3v) is 9.24. The molecule has 0 aromatic carbocycles. The summed E-state index contributed by atoms with van der Waals surface area (Å²) in [7, 11) is 0. The quantitative estimate of drug-likeness (QED) is 0.0380. The molecule has 0 fully saturated rings. The van der Waals surface area contributed by atoms with Crippen LogP contribution in [0.5, 0.6) is 0 Å². The van der Waals surface area contributed by atoms with Crippen molar-refractivity contribution in [1.82, 2.24) is 0 Å². The molecular formula is C53H84O5. The highest BCUT2D eigenvalue weighted by Gasteiger charge is 2.16. The average molecular weight is 801 g/mol. The molecule has 0 radical (unpaired) electrons. The maximum absolute atomic E-state index is 12.2. The van der Waals surface area contributed by atoms with Gasteiger partial charge in [0.1, 0.15) is 6.61 Å². The first-order valence-corrected chi connectivity index (χ1v) is 23.1. The van der Waals surface area contributed by atoms with Gasteiger partial charge < -0.3 is 14.6 Å². The van der Waals surface area contributed by atoms with Crippen LogP contribution in [0.2, 0.25) is 0 Å². The number of rotatable bonds is 40. The van der Waals surface area contributed by atoms with Gasteiger partial charge in [-0.2, -0.15) is 0 Å². The summed E-state index contributed by atoms with van der Waals surface area (Å²) in [5, 5.41) is 9.59. The predicted molar refractivity (Wildman–Crippen MR) is 251 cm³/mol. The lowest BCUT2D eigenvalue weighted by Crippen LogP contribution is -2.28. The number of carbonyl (C=O) groups is 2. The number of ether oxygens (including phenoxy) is 2. The second kappa shape index (κ2) is 47.7. The summed E-state index contributed by atoms with van der Waals surface area (Å²) < 4.78 is 10.6. The molecule has 0 aliphatic rings. The molecule has 0 aliphatic heterocycles. The van der Waals surface area contributed by atoms with Crippen LogP contribution in [0, 0.1) is 0 Å². The van der Waals surface area contributed by atoms with Gasteiger partial charge in [-0.25, -0.2) is 0 Å². The Morgan fingerprint density at radius 2 is 0.741 bits per heavy atom. The van der Waals surface area contributed by atoms with Crippen molar-refractivity contribution in [3.05, 3.63) is 122 Å². The molecule has 0 aliphatic carbocycles. The van der Waals surface area contributed by atoms with Gasteiger partial charge in [-0.05, 0) is 109 Å². The summed E-state index contributed by atoms with van der Waals surface area (Å²) in [5.41, 5.74) is 0. The van der Waals surface area contributed by atoms with Crippen LogP contribution in [0.4, 0.5) is 0 Å². The molecule has 1 unspecified atom stereocenters. The van der Waals surface area contributed by atoms with Crippen molar-refractivity contribution in [3.8, 4) is 0 Å². The van der Waals surface area contributed by atoms with Crippen LogP contribution in [-0.4, -0.2) is 36.4 Å². The van der Waals surface area contributed by atoms with Crippen molar-refractivity contribution < 1.29 is 24.2 Å². The van der Waals surface area contributed by atoms with E-state index in [0.717, 1.165) is 122 Å². The summed E-state index contributed by atoms with van der Waals surface area (Å²) in [6, 6.07) is 0. The third kappa shape index (κ3) is 45.0. The largest absolute Gasteiger partial charge is 0.462 e. The Morgan fingerprint density at radius 3 is 1.12 bits per heavy atom. The zero-order valence-corrected chi connectivity index (χ0v) is 37.0. The number of esters is 2. The molecule has 0 heterocycles. The van der Waals surface area contributed by atoms with E-state index in [2.05, 4.69) is 135 Å². The normalized spacial score (nSPS) is 13.4. The molecule has 0 aromatic rings. The van der Waals surface area contributed by atoms with Gasteiger partial charge in [0.05, 0.1) is 6.61 Å². The molecule has 58 heavy (non-hydrogen) atoms. The molecule has 326 valence electrons. The number of aliphatic hydroxyl groups is 1. The van der Waals surface area contributed by atoms with Gasteiger partial charge in [-0.3, -0.25) is 9.59 Å². The number of allylic oxidation sites excluding steroid dienone is 20. The zero-order valence-electron chi connectivity index (χ0n) is 37.0. The van der Waals surface area contributed by atoms with Crippen LogP contribution < -0.4 is 0 Å². The summed E-state index contributed by atoms with van der Waals surface area (Å²) in [5.74, 6) is -0.648. The fraction of sp³-hybridized carbons (Fsp3) is 0.585. The van der Waals surface area contributed by atoms with E-state index in [1.165, 1.54) is 32.1 Å². The summed E-state index contributed by atoms with van der Waals surface area (Å²) in [6.45, 7) is 3.95. The van der Waals surface area contributed by atoms with E-state index in [1.807, 2.05) is 0 Å². The minimum absolute atomic E-state index is 0.0919. The molecule has 0 saturated carbocycles. The molecule has 0 amide bonds. The second-order valence-corrected chi connectivity index (χ2v) is 14.7. The van der Waals surface area contributed by atoms with E-state index in [4.69, 9.17) is 9.47 Å². The Kier molecular flexibility index (Phi) is 44.6. The first-order valence-electron chi connectivity index (χ1n) is 23.1. The number of hydrogen-bond acceptors (Lipinski definition) is 5. The van der Waals surface area contributed by atoms with Crippen molar-refractivity contribution in [2.45, 2.75) is 187 Å². The lowest BCUT2D eigenvalue weighted by Gasteiger charge is -2.15.